The van der Waals surface area contributed by atoms with E-state index in [0.717, 1.165) is 12.3 Å². The number of nitrogens with two attached hydrogens (primary N) is 1. The molecule has 0 aromatic heterocycles. The van der Waals surface area contributed by atoms with E-state index in [-0.39, 0.29) is 5.96 Å². The molecule has 72 valence electrons. The van der Waals surface area contributed by atoms with Gasteiger partial charge in [-0.2, -0.15) is 0 Å². The highest BCUT2D eigenvalue weighted by atomic mass is 16.5. The van der Waals surface area contributed by atoms with Gasteiger partial charge >= 0.3 is 0 Å². The average Bonchev–Trinajstić information content (AvgIpc) is 2.03. The van der Waals surface area contributed by atoms with Crippen LogP contribution in [0.3, 0.4) is 0 Å². The van der Waals surface area contributed by atoms with Gasteiger partial charge in [-0.05, 0) is 12.3 Å². The van der Waals surface area contributed by atoms with Crippen molar-refractivity contribution >= 4 is 5.96 Å². The molecule has 12 heavy (non-hydrogen) atoms. The summed E-state index contributed by atoms with van der Waals surface area (Å²) in [6, 6.07) is 0. The number of aliphatic imine (C=N–C) groups is 1. The monoisotopic (exact) mass is 173 g/mol. The van der Waals surface area contributed by atoms with E-state index >= 15 is 0 Å². The molecule has 0 atom stereocenters. The van der Waals surface area contributed by atoms with Crippen molar-refractivity contribution < 1.29 is 5.21 Å². The van der Waals surface area contributed by atoms with Crippen molar-refractivity contribution in [3.63, 3.8) is 0 Å². The van der Waals surface area contributed by atoms with Gasteiger partial charge in [0.25, 0.3) is 0 Å². The molecule has 0 aliphatic heterocycles. The van der Waals surface area contributed by atoms with E-state index in [1.54, 1.807) is 5.48 Å². The van der Waals surface area contributed by atoms with Gasteiger partial charge in [0.2, 0.25) is 5.96 Å². The summed E-state index contributed by atoms with van der Waals surface area (Å²) in [5.74, 6) is 0.849. The Morgan fingerprint density at radius 3 is 2.67 bits per heavy atom. The fourth-order valence-electron chi connectivity index (χ4n) is 0.899. The largest absolute Gasteiger partial charge is 0.368 e. The molecule has 0 unspecified atom stereocenters. The van der Waals surface area contributed by atoms with E-state index in [1.807, 2.05) is 0 Å². The summed E-state index contributed by atoms with van der Waals surface area (Å²) in [5.41, 5.74) is 7.00. The van der Waals surface area contributed by atoms with Gasteiger partial charge in [-0.15, -0.1) is 0 Å². The quantitative estimate of drug-likeness (QED) is 0.252. The molecule has 0 aromatic carbocycles. The Bertz CT molecular complexity index is 134. The maximum Gasteiger partial charge on any atom is 0.212 e. The van der Waals surface area contributed by atoms with Crippen LogP contribution in [0.15, 0.2) is 4.99 Å². The van der Waals surface area contributed by atoms with E-state index in [4.69, 9.17) is 10.9 Å². The molecule has 0 bridgehead atoms. The van der Waals surface area contributed by atoms with Gasteiger partial charge in [-0.25, -0.2) is 5.48 Å². The Labute approximate surface area is 73.8 Å². The van der Waals surface area contributed by atoms with Gasteiger partial charge in [-0.3, -0.25) is 10.2 Å². The van der Waals surface area contributed by atoms with Crippen molar-refractivity contribution in [2.24, 2.45) is 16.6 Å². The molecule has 4 heteroatoms. The fourth-order valence-corrected chi connectivity index (χ4v) is 0.899. The average molecular weight is 173 g/mol. The highest BCUT2D eigenvalue weighted by Crippen LogP contribution is 2.05. The number of hydrogen-bond acceptors (Lipinski definition) is 2. The van der Waals surface area contributed by atoms with Crippen LogP contribution < -0.4 is 11.2 Å². The van der Waals surface area contributed by atoms with Gasteiger partial charge in [0.15, 0.2) is 0 Å². The third-order valence-corrected chi connectivity index (χ3v) is 1.59. The maximum absolute atomic E-state index is 8.27. The minimum Gasteiger partial charge on any atom is -0.368 e. The van der Waals surface area contributed by atoms with Crippen LogP contribution in [-0.2, 0) is 0 Å². The van der Waals surface area contributed by atoms with Crippen LogP contribution in [0.1, 0.15) is 33.1 Å². The second-order valence-electron chi connectivity index (χ2n) is 3.27. The zero-order valence-electron chi connectivity index (χ0n) is 7.88. The summed E-state index contributed by atoms with van der Waals surface area (Å²) in [5, 5.41) is 8.27. The first kappa shape index (κ1) is 11.2. The number of nitrogens with one attached hydrogen (secondary N) is 1. The molecule has 0 rings (SSSR count). The summed E-state index contributed by atoms with van der Waals surface area (Å²) in [7, 11) is 0. The zero-order chi connectivity index (χ0) is 9.40. The maximum atomic E-state index is 8.27. The molecule has 0 heterocycles. The molecule has 0 amide bonds. The second kappa shape index (κ2) is 6.91. The van der Waals surface area contributed by atoms with Crippen molar-refractivity contribution in [3.8, 4) is 0 Å². The van der Waals surface area contributed by atoms with Gasteiger partial charge in [0.1, 0.15) is 0 Å². The van der Waals surface area contributed by atoms with Gasteiger partial charge in [0, 0.05) is 6.54 Å². The number of rotatable bonds is 5. The number of nitrogens with zero attached hydrogens (tertiary/aromatic N) is 1. The normalized spacial score (nSPS) is 12.2. The van der Waals surface area contributed by atoms with E-state index < -0.39 is 0 Å². The lowest BCUT2D eigenvalue weighted by atomic mass is 10.1. The Hall–Kier alpha value is -0.770. The topological polar surface area (TPSA) is 70.6 Å². The van der Waals surface area contributed by atoms with Crippen molar-refractivity contribution in [2.45, 2.75) is 33.1 Å². The summed E-state index contributed by atoms with van der Waals surface area (Å²) in [6.45, 7) is 5.09. The van der Waals surface area contributed by atoms with E-state index in [0.29, 0.717) is 6.54 Å². The SMILES string of the molecule is CC(C)CCCCN=C(N)NO. The lowest BCUT2D eigenvalue weighted by Crippen LogP contribution is -2.28. The van der Waals surface area contributed by atoms with Crippen LogP contribution in [-0.4, -0.2) is 17.7 Å². The Morgan fingerprint density at radius 2 is 2.17 bits per heavy atom. The smallest absolute Gasteiger partial charge is 0.212 e. The van der Waals surface area contributed by atoms with E-state index in [2.05, 4.69) is 18.8 Å². The number of hydrogen-bond donors (Lipinski definition) is 3. The molecule has 0 aliphatic carbocycles. The highest BCUT2D eigenvalue weighted by Gasteiger charge is 1.93. The Balaban J connectivity index is 3.21. The predicted octanol–water partition coefficient (Wildman–Crippen LogP) is 1.11. The third kappa shape index (κ3) is 7.34. The summed E-state index contributed by atoms with van der Waals surface area (Å²) >= 11 is 0. The van der Waals surface area contributed by atoms with Crippen LogP contribution in [0, 0.1) is 5.92 Å². The lowest BCUT2D eigenvalue weighted by molar-refractivity contribution is 0.232. The van der Waals surface area contributed by atoms with Crippen molar-refractivity contribution in [1.29, 1.82) is 0 Å². The molecule has 0 saturated carbocycles. The molecular formula is C8H19N3O. The summed E-state index contributed by atoms with van der Waals surface area (Å²) in [4.78, 5) is 3.87. The highest BCUT2D eigenvalue weighted by molar-refractivity contribution is 5.76. The number of unbranched alkanes of at least 4 members (excludes halogenated alkanes) is 1. The van der Waals surface area contributed by atoms with Crippen molar-refractivity contribution in [1.82, 2.24) is 5.48 Å². The van der Waals surface area contributed by atoms with Gasteiger partial charge < -0.3 is 5.73 Å². The molecule has 0 saturated heterocycles. The van der Waals surface area contributed by atoms with Crippen LogP contribution in [0.2, 0.25) is 0 Å². The molecule has 0 aliphatic rings. The first-order chi connectivity index (χ1) is 5.66. The summed E-state index contributed by atoms with van der Waals surface area (Å²) < 4.78 is 0. The van der Waals surface area contributed by atoms with Gasteiger partial charge in [-0.1, -0.05) is 26.7 Å². The van der Waals surface area contributed by atoms with Crippen LogP contribution in [0.5, 0.6) is 0 Å². The van der Waals surface area contributed by atoms with Gasteiger partial charge in [0.05, 0.1) is 0 Å². The first-order valence-electron chi connectivity index (χ1n) is 4.37. The van der Waals surface area contributed by atoms with Crippen LogP contribution in [0.25, 0.3) is 0 Å². The molecular weight excluding hydrogens is 154 g/mol. The Kier molecular flexibility index (Phi) is 6.47. The predicted molar refractivity (Wildman–Crippen MR) is 50.1 cm³/mol. The number of hydroxylamine groups is 1. The van der Waals surface area contributed by atoms with Crippen LogP contribution >= 0.6 is 0 Å². The summed E-state index contributed by atoms with van der Waals surface area (Å²) in [6.07, 6.45) is 3.42. The Morgan fingerprint density at radius 1 is 1.50 bits per heavy atom. The standard InChI is InChI=1S/C8H19N3O/c1-7(2)5-3-4-6-10-8(9)11-12/h7,12H,3-6H2,1-2H3,(H3,9,10,11). The lowest BCUT2D eigenvalue weighted by Gasteiger charge is -2.02. The van der Waals surface area contributed by atoms with E-state index in [9.17, 15) is 0 Å². The minimum atomic E-state index is 0.0968. The third-order valence-electron chi connectivity index (χ3n) is 1.59. The molecule has 0 spiro atoms. The molecule has 4 N–H and O–H groups in total. The van der Waals surface area contributed by atoms with Crippen molar-refractivity contribution in [3.05, 3.63) is 0 Å². The fraction of sp³-hybridized carbons (Fsp3) is 0.875. The zero-order valence-corrected chi connectivity index (χ0v) is 7.88. The van der Waals surface area contributed by atoms with Crippen molar-refractivity contribution in [2.75, 3.05) is 6.54 Å². The molecule has 4 nitrogen and oxygen atoms in total. The number of guanidine groups is 1. The van der Waals surface area contributed by atoms with Crippen LogP contribution in [0.4, 0.5) is 0 Å². The second-order valence-corrected chi connectivity index (χ2v) is 3.27. The minimum absolute atomic E-state index is 0.0968. The van der Waals surface area contributed by atoms with E-state index in [1.165, 1.54) is 12.8 Å². The molecule has 0 aromatic rings. The first-order valence-corrected chi connectivity index (χ1v) is 4.37. The molecule has 0 fully saturated rings. The molecule has 0 radical (unpaired) electrons.